The van der Waals surface area contributed by atoms with Crippen LogP contribution in [-0.4, -0.2) is 17.5 Å². The molecule has 0 radical (unpaired) electrons. The van der Waals surface area contributed by atoms with Gasteiger partial charge >= 0.3 is 0 Å². The van der Waals surface area contributed by atoms with Crippen molar-refractivity contribution in [2.45, 2.75) is 6.92 Å². The lowest BCUT2D eigenvalue weighted by Gasteiger charge is -2.02. The van der Waals surface area contributed by atoms with Gasteiger partial charge in [0, 0.05) is 20.8 Å². The summed E-state index contributed by atoms with van der Waals surface area (Å²) in [6.45, 7) is 2.50. The molecule has 5 nitrogen and oxygen atoms in total. The summed E-state index contributed by atoms with van der Waals surface area (Å²) in [5, 5.41) is 6.14. The summed E-state index contributed by atoms with van der Waals surface area (Å²) in [6, 6.07) is 14.9. The highest BCUT2D eigenvalue weighted by Crippen LogP contribution is 2.34. The van der Waals surface area contributed by atoms with E-state index in [0.717, 1.165) is 9.86 Å². The number of fused-ring (bicyclic) bond motifs is 1. The van der Waals surface area contributed by atoms with Crippen molar-refractivity contribution in [3.05, 3.63) is 63.9 Å². The van der Waals surface area contributed by atoms with Crippen molar-refractivity contribution in [2.24, 2.45) is 0 Å². The van der Waals surface area contributed by atoms with E-state index in [1.165, 1.54) is 11.3 Å². The van der Waals surface area contributed by atoms with Gasteiger partial charge in [-0.3, -0.25) is 10.1 Å². The van der Waals surface area contributed by atoms with Crippen LogP contribution in [0.15, 0.2) is 62.8 Å². The van der Waals surface area contributed by atoms with Gasteiger partial charge in [0.2, 0.25) is 0 Å². The Kier molecular flexibility index (Phi) is 4.96. The molecule has 0 aliphatic heterocycles. The van der Waals surface area contributed by atoms with Gasteiger partial charge in [0.05, 0.1) is 6.61 Å². The Morgan fingerprint density at radius 2 is 2.11 bits per heavy atom. The molecular formula is C20H15BrN2O3S. The monoisotopic (exact) mass is 442 g/mol. The molecule has 1 N–H and O–H groups in total. The van der Waals surface area contributed by atoms with Crippen LogP contribution in [0.1, 0.15) is 17.3 Å². The third-order valence-corrected chi connectivity index (χ3v) is 5.12. The van der Waals surface area contributed by atoms with E-state index < -0.39 is 0 Å². The predicted octanol–water partition coefficient (Wildman–Crippen LogP) is 5.97. The van der Waals surface area contributed by atoms with Crippen molar-refractivity contribution in [2.75, 3.05) is 11.9 Å². The number of para-hydroxylation sites is 1. The zero-order valence-electron chi connectivity index (χ0n) is 14.4. The van der Waals surface area contributed by atoms with Crippen LogP contribution in [0.2, 0.25) is 0 Å². The Hall–Kier alpha value is -2.64. The molecule has 7 heteroatoms. The lowest BCUT2D eigenvalue weighted by Crippen LogP contribution is -2.11. The molecule has 2 heterocycles. The Morgan fingerprint density at radius 1 is 1.26 bits per heavy atom. The number of nitrogens with zero attached hydrogens (tertiary/aromatic N) is 1. The number of carbonyl (C=O) groups is 1. The molecule has 0 aliphatic rings. The Labute approximate surface area is 168 Å². The summed E-state index contributed by atoms with van der Waals surface area (Å²) in [4.78, 5) is 16.8. The van der Waals surface area contributed by atoms with Crippen LogP contribution in [0.3, 0.4) is 0 Å². The van der Waals surface area contributed by atoms with Crippen LogP contribution in [-0.2, 0) is 0 Å². The van der Waals surface area contributed by atoms with Crippen LogP contribution >= 0.6 is 27.3 Å². The largest absolute Gasteiger partial charge is 0.490 e. The molecule has 2 aromatic heterocycles. The molecule has 0 fully saturated rings. The predicted molar refractivity (Wildman–Crippen MR) is 111 cm³/mol. The van der Waals surface area contributed by atoms with E-state index in [1.54, 1.807) is 12.1 Å². The quantitative estimate of drug-likeness (QED) is 0.413. The first kappa shape index (κ1) is 17.8. The minimum Gasteiger partial charge on any atom is -0.490 e. The number of hydrogen-bond acceptors (Lipinski definition) is 5. The van der Waals surface area contributed by atoms with E-state index in [0.29, 0.717) is 40.1 Å². The first-order chi connectivity index (χ1) is 13.1. The number of amides is 1. The van der Waals surface area contributed by atoms with E-state index in [4.69, 9.17) is 9.15 Å². The summed E-state index contributed by atoms with van der Waals surface area (Å²) >= 11 is 4.72. The molecule has 0 aliphatic carbocycles. The number of halogens is 1. The molecule has 0 atom stereocenters. The lowest BCUT2D eigenvalue weighted by atomic mass is 10.2. The molecule has 0 bridgehead atoms. The van der Waals surface area contributed by atoms with Gasteiger partial charge in [0.1, 0.15) is 5.69 Å². The molecule has 4 aromatic rings. The SMILES string of the molecule is CCOc1cccc2cc(-c3csc(NC(=O)c4cccc(Br)c4)n3)oc12. The maximum Gasteiger partial charge on any atom is 0.257 e. The molecule has 4 rings (SSSR count). The van der Waals surface area contributed by atoms with E-state index >= 15 is 0 Å². The van der Waals surface area contributed by atoms with Crippen molar-refractivity contribution in [3.8, 4) is 17.2 Å². The summed E-state index contributed by atoms with van der Waals surface area (Å²) < 4.78 is 12.4. The first-order valence-corrected chi connectivity index (χ1v) is 9.99. The number of benzene rings is 2. The molecule has 136 valence electrons. The zero-order chi connectivity index (χ0) is 18.8. The van der Waals surface area contributed by atoms with Gasteiger partial charge in [-0.1, -0.05) is 34.1 Å². The van der Waals surface area contributed by atoms with Crippen LogP contribution in [0.25, 0.3) is 22.4 Å². The number of nitrogens with one attached hydrogen (secondary N) is 1. The zero-order valence-corrected chi connectivity index (χ0v) is 16.8. The maximum atomic E-state index is 12.4. The molecule has 0 saturated heterocycles. The third kappa shape index (κ3) is 3.74. The number of thiazole rings is 1. The van der Waals surface area contributed by atoms with Gasteiger partial charge in [0.15, 0.2) is 22.2 Å². The fraction of sp³-hybridized carbons (Fsp3) is 0.100. The van der Waals surface area contributed by atoms with Crippen molar-refractivity contribution in [1.82, 2.24) is 4.98 Å². The molecule has 0 unspecified atom stereocenters. The summed E-state index contributed by atoms with van der Waals surface area (Å²) in [5.41, 5.74) is 1.93. The molecule has 2 aromatic carbocycles. The van der Waals surface area contributed by atoms with E-state index in [2.05, 4.69) is 26.2 Å². The molecule has 0 saturated carbocycles. The highest BCUT2D eigenvalue weighted by molar-refractivity contribution is 9.10. The number of aromatic nitrogens is 1. The molecular weight excluding hydrogens is 428 g/mol. The molecule has 1 amide bonds. The fourth-order valence-electron chi connectivity index (χ4n) is 2.68. The average Bonchev–Trinajstić information content (AvgIpc) is 3.29. The van der Waals surface area contributed by atoms with Crippen molar-refractivity contribution < 1.29 is 13.9 Å². The second-order valence-corrected chi connectivity index (χ2v) is 7.49. The number of hydrogen-bond donors (Lipinski definition) is 1. The van der Waals surface area contributed by atoms with Gasteiger partial charge in [-0.2, -0.15) is 0 Å². The van der Waals surface area contributed by atoms with Gasteiger partial charge in [-0.15, -0.1) is 11.3 Å². The highest BCUT2D eigenvalue weighted by atomic mass is 79.9. The second-order valence-electron chi connectivity index (χ2n) is 5.72. The highest BCUT2D eigenvalue weighted by Gasteiger charge is 2.15. The summed E-state index contributed by atoms with van der Waals surface area (Å²) in [5.74, 6) is 1.14. The van der Waals surface area contributed by atoms with Gasteiger partial charge < -0.3 is 9.15 Å². The Bertz CT molecular complexity index is 1120. The normalized spacial score (nSPS) is 10.9. The fourth-order valence-corrected chi connectivity index (χ4v) is 3.77. The van der Waals surface area contributed by atoms with Crippen LogP contribution in [0.5, 0.6) is 5.75 Å². The second kappa shape index (κ2) is 7.54. The van der Waals surface area contributed by atoms with Gasteiger partial charge in [-0.25, -0.2) is 4.98 Å². The third-order valence-electron chi connectivity index (χ3n) is 3.87. The minimum absolute atomic E-state index is 0.208. The van der Waals surface area contributed by atoms with E-state index in [1.807, 2.05) is 48.7 Å². The average molecular weight is 443 g/mol. The van der Waals surface area contributed by atoms with Crippen molar-refractivity contribution >= 4 is 49.3 Å². The number of carbonyl (C=O) groups excluding carboxylic acids is 1. The van der Waals surface area contributed by atoms with Crippen molar-refractivity contribution in [3.63, 3.8) is 0 Å². The lowest BCUT2D eigenvalue weighted by molar-refractivity contribution is 0.102. The van der Waals surface area contributed by atoms with Gasteiger partial charge in [-0.05, 0) is 37.3 Å². The summed E-state index contributed by atoms with van der Waals surface area (Å²) in [6.07, 6.45) is 0. The van der Waals surface area contributed by atoms with Crippen LogP contribution in [0.4, 0.5) is 5.13 Å². The van der Waals surface area contributed by atoms with Crippen LogP contribution < -0.4 is 10.1 Å². The Balaban J connectivity index is 1.58. The van der Waals surface area contributed by atoms with E-state index in [9.17, 15) is 4.79 Å². The van der Waals surface area contributed by atoms with Gasteiger partial charge in [0.25, 0.3) is 5.91 Å². The summed E-state index contributed by atoms with van der Waals surface area (Å²) in [7, 11) is 0. The van der Waals surface area contributed by atoms with Crippen LogP contribution in [0, 0.1) is 0 Å². The smallest absolute Gasteiger partial charge is 0.257 e. The first-order valence-electron chi connectivity index (χ1n) is 8.32. The molecule has 0 spiro atoms. The number of anilines is 1. The number of furan rings is 1. The number of ether oxygens (including phenoxy) is 1. The Morgan fingerprint density at radius 3 is 2.93 bits per heavy atom. The standard InChI is InChI=1S/C20H15BrN2O3S/c1-2-25-16-8-4-5-12-10-17(26-18(12)16)15-11-27-20(22-15)23-19(24)13-6-3-7-14(21)9-13/h3-11H,2H2,1H3,(H,22,23,24). The topological polar surface area (TPSA) is 64.4 Å². The minimum atomic E-state index is -0.208. The molecule has 27 heavy (non-hydrogen) atoms. The van der Waals surface area contributed by atoms with Crippen molar-refractivity contribution in [1.29, 1.82) is 0 Å². The number of rotatable bonds is 5. The maximum absolute atomic E-state index is 12.4. The van der Waals surface area contributed by atoms with E-state index in [-0.39, 0.29) is 5.91 Å².